The summed E-state index contributed by atoms with van der Waals surface area (Å²) in [4.78, 5) is 30.6. The molecule has 1 fully saturated rings. The smallest absolute Gasteiger partial charge is 0.324 e. The van der Waals surface area contributed by atoms with Crippen LogP contribution < -0.4 is 10.6 Å². The van der Waals surface area contributed by atoms with Crippen LogP contribution in [0.2, 0.25) is 0 Å². The summed E-state index contributed by atoms with van der Waals surface area (Å²) in [5.74, 6) is -0.841. The molecule has 2 aromatic carbocycles. The predicted molar refractivity (Wildman–Crippen MR) is 112 cm³/mol. The molecule has 2 N–H and O–H groups in total. The van der Waals surface area contributed by atoms with Crippen LogP contribution in [0.3, 0.4) is 0 Å². The van der Waals surface area contributed by atoms with Crippen LogP contribution in [0.25, 0.3) is 0 Å². The van der Waals surface area contributed by atoms with Crippen molar-refractivity contribution in [3.05, 3.63) is 65.0 Å². The average molecular weight is 398 g/mol. The van der Waals surface area contributed by atoms with Gasteiger partial charge in [0.15, 0.2) is 5.78 Å². The molecule has 0 bridgehead atoms. The highest BCUT2D eigenvalue weighted by Gasteiger charge is 2.26. The number of nitrogens with zero attached hydrogens (tertiary/aromatic N) is 3. The maximum Gasteiger partial charge on any atom is 0.324 e. The van der Waals surface area contributed by atoms with Crippen molar-refractivity contribution >= 4 is 17.5 Å². The molecule has 0 aromatic heterocycles. The molecule has 1 aliphatic rings. The lowest BCUT2D eigenvalue weighted by molar-refractivity contribution is 0.100. The monoisotopic (exact) mass is 398 g/mol. The van der Waals surface area contributed by atoms with Gasteiger partial charge >= 0.3 is 6.03 Å². The molecule has 0 radical (unpaired) electrons. The summed E-state index contributed by atoms with van der Waals surface area (Å²) in [5, 5.41) is 0. The first kappa shape index (κ1) is 21.0. The summed E-state index contributed by atoms with van der Waals surface area (Å²) in [7, 11) is 2.03. The first-order valence-electron chi connectivity index (χ1n) is 9.72. The molecule has 29 heavy (non-hydrogen) atoms. The maximum absolute atomic E-state index is 14.7. The lowest BCUT2D eigenvalue weighted by Crippen LogP contribution is -2.52. The van der Waals surface area contributed by atoms with E-state index in [4.69, 9.17) is 5.73 Å². The van der Waals surface area contributed by atoms with E-state index >= 15 is 0 Å². The molecule has 7 heteroatoms. The maximum atomic E-state index is 14.7. The largest absolute Gasteiger partial charge is 0.324 e. The normalized spacial score (nSPS) is 14.7. The van der Waals surface area contributed by atoms with Gasteiger partial charge in [0.05, 0.1) is 13.1 Å². The number of urea groups is 1. The van der Waals surface area contributed by atoms with Gasteiger partial charge in [0.25, 0.3) is 0 Å². The van der Waals surface area contributed by atoms with Crippen LogP contribution in [0.5, 0.6) is 0 Å². The van der Waals surface area contributed by atoms with Gasteiger partial charge in [-0.25, -0.2) is 9.18 Å². The second kappa shape index (κ2) is 9.15. The van der Waals surface area contributed by atoms with Crippen LogP contribution in [-0.2, 0) is 6.54 Å². The van der Waals surface area contributed by atoms with Gasteiger partial charge in [-0.2, -0.15) is 0 Å². The van der Waals surface area contributed by atoms with E-state index < -0.39 is 5.82 Å². The van der Waals surface area contributed by atoms with Gasteiger partial charge in [-0.1, -0.05) is 29.8 Å². The number of carbonyl (C=O) groups is 2. The van der Waals surface area contributed by atoms with Crippen LogP contribution in [0.15, 0.2) is 42.5 Å². The van der Waals surface area contributed by atoms with Crippen molar-refractivity contribution in [1.82, 2.24) is 9.80 Å². The Labute approximate surface area is 170 Å². The predicted octanol–water partition coefficient (Wildman–Crippen LogP) is 2.65. The molecule has 0 spiro atoms. The Balaban J connectivity index is 1.88. The van der Waals surface area contributed by atoms with Crippen LogP contribution >= 0.6 is 0 Å². The minimum atomic E-state index is -0.521. The first-order valence-corrected chi connectivity index (χ1v) is 9.72. The molecule has 1 aliphatic heterocycles. The molecule has 0 saturated carbocycles. The van der Waals surface area contributed by atoms with Crippen LogP contribution in [0, 0.1) is 12.7 Å². The zero-order valence-electron chi connectivity index (χ0n) is 16.9. The molecule has 3 rings (SSSR count). The molecule has 1 heterocycles. The molecule has 154 valence electrons. The Morgan fingerprint density at radius 3 is 2.31 bits per heavy atom. The standard InChI is InChI=1S/C22H27FN4O2/c1-16-3-7-19(8-4-16)27(22(29)26-11-9-25(2)10-12-26)15-18-6-5-17(13-20(18)23)21(28)14-24/h3-8,13H,9-12,14-15,24H2,1-2H3. The van der Waals surface area contributed by atoms with E-state index in [0.717, 1.165) is 18.7 Å². The van der Waals surface area contributed by atoms with Crippen molar-refractivity contribution < 1.29 is 14.0 Å². The Morgan fingerprint density at radius 2 is 1.72 bits per heavy atom. The summed E-state index contributed by atoms with van der Waals surface area (Å²) < 4.78 is 14.7. The van der Waals surface area contributed by atoms with Gasteiger partial charge in [0.1, 0.15) is 5.82 Å². The minimum Gasteiger partial charge on any atom is -0.324 e. The third-order valence-corrected chi connectivity index (χ3v) is 5.24. The first-order chi connectivity index (χ1) is 13.9. The van der Waals surface area contributed by atoms with Gasteiger partial charge < -0.3 is 15.5 Å². The molecule has 1 saturated heterocycles. The Morgan fingerprint density at radius 1 is 1.07 bits per heavy atom. The van der Waals surface area contributed by atoms with Gasteiger partial charge in [-0.3, -0.25) is 9.69 Å². The zero-order valence-corrected chi connectivity index (χ0v) is 16.9. The van der Waals surface area contributed by atoms with E-state index in [-0.39, 0.29) is 30.5 Å². The Kier molecular flexibility index (Phi) is 6.61. The number of likely N-dealkylation sites (N-methyl/N-ethyl adjacent to an activating group) is 1. The minimum absolute atomic E-state index is 0.0805. The van der Waals surface area contributed by atoms with E-state index in [1.165, 1.54) is 6.07 Å². The molecule has 0 unspecified atom stereocenters. The fraction of sp³-hybridized carbons (Fsp3) is 0.364. The van der Waals surface area contributed by atoms with Gasteiger partial charge in [0.2, 0.25) is 0 Å². The van der Waals surface area contributed by atoms with Gasteiger partial charge in [-0.05, 0) is 32.2 Å². The molecule has 2 aromatic rings. The highest BCUT2D eigenvalue weighted by Crippen LogP contribution is 2.22. The molecular formula is C22H27FN4O2. The van der Waals surface area contributed by atoms with Crippen molar-refractivity contribution in [2.24, 2.45) is 5.73 Å². The number of hydrogen-bond donors (Lipinski definition) is 1. The zero-order chi connectivity index (χ0) is 21.0. The van der Waals surface area contributed by atoms with Crippen molar-refractivity contribution in [2.75, 3.05) is 44.7 Å². The summed E-state index contributed by atoms with van der Waals surface area (Å²) in [6, 6.07) is 11.7. The van der Waals surface area contributed by atoms with Crippen LogP contribution in [-0.4, -0.2) is 61.4 Å². The number of rotatable bonds is 5. The fourth-order valence-electron chi connectivity index (χ4n) is 3.30. The molecule has 0 atom stereocenters. The van der Waals surface area contributed by atoms with Crippen molar-refractivity contribution in [3.8, 4) is 0 Å². The second-order valence-electron chi connectivity index (χ2n) is 7.43. The van der Waals surface area contributed by atoms with E-state index in [0.29, 0.717) is 24.3 Å². The summed E-state index contributed by atoms with van der Waals surface area (Å²) in [5.41, 5.74) is 7.73. The molecule has 6 nitrogen and oxygen atoms in total. The number of ketones is 1. The number of aryl methyl sites for hydroxylation is 1. The number of anilines is 1. The molecule has 2 amide bonds. The highest BCUT2D eigenvalue weighted by molar-refractivity contribution is 5.97. The molecule has 0 aliphatic carbocycles. The number of Topliss-reactive ketones (excluding diaryl/α,β-unsaturated/α-hetero) is 1. The number of halogens is 1. The third kappa shape index (κ3) is 4.99. The second-order valence-corrected chi connectivity index (χ2v) is 7.43. The van der Waals surface area contributed by atoms with Gasteiger partial charge in [-0.15, -0.1) is 0 Å². The van der Waals surface area contributed by atoms with Crippen molar-refractivity contribution in [3.63, 3.8) is 0 Å². The number of benzene rings is 2. The topological polar surface area (TPSA) is 69.9 Å². The van der Waals surface area contributed by atoms with Crippen LogP contribution in [0.1, 0.15) is 21.5 Å². The van der Waals surface area contributed by atoms with E-state index in [9.17, 15) is 14.0 Å². The number of nitrogens with two attached hydrogens (primary N) is 1. The lowest BCUT2D eigenvalue weighted by Gasteiger charge is -2.36. The third-order valence-electron chi connectivity index (χ3n) is 5.24. The van der Waals surface area contributed by atoms with Crippen molar-refractivity contribution in [2.45, 2.75) is 13.5 Å². The highest BCUT2D eigenvalue weighted by atomic mass is 19.1. The number of amides is 2. The summed E-state index contributed by atoms with van der Waals surface area (Å²) in [6.45, 7) is 4.75. The Hall–Kier alpha value is -2.77. The lowest BCUT2D eigenvalue weighted by atomic mass is 10.1. The SMILES string of the molecule is Cc1ccc(N(Cc2ccc(C(=O)CN)cc2F)C(=O)N2CCN(C)CC2)cc1. The average Bonchev–Trinajstić information content (AvgIpc) is 2.73. The summed E-state index contributed by atoms with van der Waals surface area (Å²) in [6.07, 6.45) is 0. The van der Waals surface area contributed by atoms with E-state index in [1.807, 2.05) is 38.2 Å². The van der Waals surface area contributed by atoms with E-state index in [1.54, 1.807) is 21.9 Å². The van der Waals surface area contributed by atoms with Crippen molar-refractivity contribution in [1.29, 1.82) is 0 Å². The number of carbonyl (C=O) groups excluding carboxylic acids is 2. The quantitative estimate of drug-likeness (QED) is 0.786. The Bertz CT molecular complexity index is 877. The van der Waals surface area contributed by atoms with Gasteiger partial charge in [0, 0.05) is 43.0 Å². The fourth-order valence-corrected chi connectivity index (χ4v) is 3.30. The number of piperazine rings is 1. The summed E-state index contributed by atoms with van der Waals surface area (Å²) >= 11 is 0. The molecular weight excluding hydrogens is 371 g/mol. The van der Waals surface area contributed by atoms with E-state index in [2.05, 4.69) is 4.90 Å². The van der Waals surface area contributed by atoms with Crippen LogP contribution in [0.4, 0.5) is 14.9 Å². The number of hydrogen-bond acceptors (Lipinski definition) is 4.